The van der Waals surface area contributed by atoms with Gasteiger partial charge in [-0.05, 0) is 12.8 Å². The molecule has 256 valence electrons. The second-order valence-electron chi connectivity index (χ2n) is 12.2. The number of hydrogen-bond acceptors (Lipinski definition) is 4. The maximum atomic E-state index is 10.3. The van der Waals surface area contributed by atoms with E-state index in [1.54, 1.807) is 0 Å². The van der Waals surface area contributed by atoms with Crippen molar-refractivity contribution in [2.45, 2.75) is 219 Å². The highest BCUT2D eigenvalue weighted by Crippen LogP contribution is 2.15. The minimum atomic E-state index is -0.653. The molecule has 0 saturated heterocycles. The molecule has 0 aliphatic rings. The van der Waals surface area contributed by atoms with Crippen LogP contribution in [-0.2, 0) is 9.59 Å². The first-order valence-corrected chi connectivity index (χ1v) is 18.0. The van der Waals surface area contributed by atoms with E-state index in [0.717, 1.165) is 25.7 Å². The van der Waals surface area contributed by atoms with Crippen molar-refractivity contribution >= 4 is 11.9 Å². The van der Waals surface area contributed by atoms with E-state index in [1.807, 2.05) is 0 Å². The Kier molecular flexibility index (Phi) is 50.4. The Hall–Kier alpha value is -1.14. The van der Waals surface area contributed by atoms with Crippen LogP contribution in [0.3, 0.4) is 0 Å². The normalized spacial score (nSPS) is 10.3. The van der Waals surface area contributed by atoms with Crippen LogP contribution in [0, 0.1) is 0 Å². The van der Waals surface area contributed by atoms with Crippen LogP contribution < -0.4 is 12.3 Å². The Balaban J connectivity index is -0.000000328. The molecule has 0 saturated carbocycles. The molecule has 6 heteroatoms. The van der Waals surface area contributed by atoms with Crippen molar-refractivity contribution in [2.24, 2.45) is 0 Å². The molecule has 0 bridgehead atoms. The number of carboxylic acids is 2. The van der Waals surface area contributed by atoms with Gasteiger partial charge in [0.05, 0.1) is 0 Å². The number of aliphatic carboxylic acids is 2. The first-order valence-electron chi connectivity index (χ1n) is 18.0. The Morgan fingerprint density at radius 3 is 0.595 bits per heavy atom. The Bertz CT molecular complexity index is 459. The van der Waals surface area contributed by atoms with Gasteiger partial charge in [0, 0.05) is 12.8 Å². The van der Waals surface area contributed by atoms with E-state index in [1.165, 1.54) is 167 Å². The molecule has 0 aromatic carbocycles. The van der Waals surface area contributed by atoms with Gasteiger partial charge in [-0.1, -0.05) is 194 Å². The van der Waals surface area contributed by atoms with Gasteiger partial charge in [0.1, 0.15) is 0 Å². The smallest absolute Gasteiger partial charge is 0.303 e. The zero-order chi connectivity index (χ0) is 29.8. The summed E-state index contributed by atoms with van der Waals surface area (Å²) in [6.45, 7) is 4.54. The van der Waals surface area contributed by atoms with E-state index in [-0.39, 0.29) is 12.3 Å². The topological polar surface area (TPSA) is 145 Å². The number of carbonyl (C=O) groups is 2. The zero-order valence-corrected chi connectivity index (χ0v) is 28.8. The van der Waals surface area contributed by atoms with E-state index in [0.29, 0.717) is 12.8 Å². The van der Waals surface area contributed by atoms with Gasteiger partial charge in [0.25, 0.3) is 0 Å². The minimum Gasteiger partial charge on any atom is -0.481 e. The average Bonchev–Trinajstić information content (AvgIpc) is 2.93. The quantitative estimate of drug-likeness (QED) is 0.0563. The maximum Gasteiger partial charge on any atom is 0.303 e. The van der Waals surface area contributed by atoms with Crippen LogP contribution in [0.15, 0.2) is 0 Å². The number of unbranched alkanes of at least 4 members (excludes halogenated alkanes) is 28. The first-order chi connectivity index (χ1) is 19.5. The Morgan fingerprint density at radius 2 is 0.452 bits per heavy atom. The predicted octanol–water partition coefficient (Wildman–Crippen LogP) is 13.0. The molecule has 0 aliphatic heterocycles. The molecule has 0 aromatic heterocycles. The molecule has 0 aromatic rings. The van der Waals surface area contributed by atoms with Crippen LogP contribution in [0.4, 0.5) is 0 Å². The van der Waals surface area contributed by atoms with Crippen LogP contribution in [0.25, 0.3) is 0 Å². The molecular formula is C36H78N2O4. The molecule has 0 amide bonds. The lowest BCUT2D eigenvalue weighted by Gasteiger charge is -2.03. The summed E-state index contributed by atoms with van der Waals surface area (Å²) < 4.78 is 0. The van der Waals surface area contributed by atoms with Gasteiger partial charge in [-0.3, -0.25) is 9.59 Å². The highest BCUT2D eigenvalue weighted by Gasteiger charge is 1.98. The highest BCUT2D eigenvalue weighted by atomic mass is 16.4. The lowest BCUT2D eigenvalue weighted by molar-refractivity contribution is -0.138. The third kappa shape index (κ3) is 51.6. The van der Waals surface area contributed by atoms with Crippen LogP contribution in [0.2, 0.25) is 0 Å². The van der Waals surface area contributed by atoms with Crippen molar-refractivity contribution in [3.8, 4) is 0 Å². The SMILES string of the molecule is CCCCCCCCCCCCCCCCCC(=O)O.CCCCCCCCCCCCCCCCCC(=O)O.N.N. The summed E-state index contributed by atoms with van der Waals surface area (Å²) in [5, 5.41) is 17.0. The van der Waals surface area contributed by atoms with E-state index >= 15 is 0 Å². The van der Waals surface area contributed by atoms with Gasteiger partial charge >= 0.3 is 11.9 Å². The summed E-state index contributed by atoms with van der Waals surface area (Å²) in [6, 6.07) is 0. The summed E-state index contributed by atoms with van der Waals surface area (Å²) in [6.07, 6.45) is 40.4. The highest BCUT2D eigenvalue weighted by molar-refractivity contribution is 5.66. The summed E-state index contributed by atoms with van der Waals surface area (Å²) in [4.78, 5) is 20.7. The summed E-state index contributed by atoms with van der Waals surface area (Å²) in [5.74, 6) is -1.31. The maximum absolute atomic E-state index is 10.3. The standard InChI is InChI=1S/2C18H36O2.2H3N/c2*1-2-3-4-5-6-7-8-9-10-11-12-13-14-15-16-17-18(19)20;;/h2*2-17H2,1H3,(H,19,20);2*1H3. The Morgan fingerprint density at radius 1 is 0.310 bits per heavy atom. The van der Waals surface area contributed by atoms with Crippen molar-refractivity contribution in [3.05, 3.63) is 0 Å². The van der Waals surface area contributed by atoms with Crippen LogP contribution in [-0.4, -0.2) is 22.2 Å². The molecule has 0 radical (unpaired) electrons. The first kappa shape index (κ1) is 47.8. The van der Waals surface area contributed by atoms with E-state index in [9.17, 15) is 9.59 Å². The number of carboxylic acid groups (broad SMARTS) is 2. The third-order valence-electron chi connectivity index (χ3n) is 7.99. The average molecular weight is 603 g/mol. The largest absolute Gasteiger partial charge is 0.481 e. The monoisotopic (exact) mass is 603 g/mol. The molecule has 0 aliphatic carbocycles. The van der Waals surface area contributed by atoms with E-state index in [2.05, 4.69) is 13.8 Å². The molecule has 0 unspecified atom stereocenters. The molecule has 0 rings (SSSR count). The number of rotatable bonds is 32. The third-order valence-corrected chi connectivity index (χ3v) is 7.99. The molecule has 42 heavy (non-hydrogen) atoms. The van der Waals surface area contributed by atoms with Crippen molar-refractivity contribution in [1.82, 2.24) is 12.3 Å². The van der Waals surface area contributed by atoms with Crippen molar-refractivity contribution in [3.63, 3.8) is 0 Å². The van der Waals surface area contributed by atoms with Crippen LogP contribution in [0.1, 0.15) is 219 Å². The predicted molar refractivity (Wildman–Crippen MR) is 184 cm³/mol. The van der Waals surface area contributed by atoms with E-state index in [4.69, 9.17) is 10.2 Å². The van der Waals surface area contributed by atoms with Crippen molar-refractivity contribution < 1.29 is 19.8 Å². The van der Waals surface area contributed by atoms with Gasteiger partial charge in [-0.25, -0.2) is 0 Å². The fourth-order valence-electron chi connectivity index (χ4n) is 5.30. The fourth-order valence-corrected chi connectivity index (χ4v) is 5.30. The van der Waals surface area contributed by atoms with Gasteiger partial charge in [0.15, 0.2) is 0 Å². The van der Waals surface area contributed by atoms with Gasteiger partial charge in [-0.2, -0.15) is 0 Å². The fraction of sp³-hybridized carbons (Fsp3) is 0.944. The molecule has 0 atom stereocenters. The van der Waals surface area contributed by atoms with Gasteiger partial charge in [-0.15, -0.1) is 0 Å². The molecule has 8 N–H and O–H groups in total. The molecule has 0 heterocycles. The molecular weight excluding hydrogens is 524 g/mol. The minimum absolute atomic E-state index is 0. The lowest BCUT2D eigenvalue weighted by Crippen LogP contribution is -1.93. The van der Waals surface area contributed by atoms with E-state index < -0.39 is 11.9 Å². The summed E-state index contributed by atoms with van der Waals surface area (Å²) >= 11 is 0. The van der Waals surface area contributed by atoms with Crippen LogP contribution >= 0.6 is 0 Å². The lowest BCUT2D eigenvalue weighted by atomic mass is 10.0. The second-order valence-corrected chi connectivity index (χ2v) is 12.2. The Labute approximate surface area is 263 Å². The van der Waals surface area contributed by atoms with Gasteiger partial charge in [0.2, 0.25) is 0 Å². The second kappa shape index (κ2) is 44.3. The summed E-state index contributed by atoms with van der Waals surface area (Å²) in [5.41, 5.74) is 0. The molecule has 0 spiro atoms. The summed E-state index contributed by atoms with van der Waals surface area (Å²) in [7, 11) is 0. The van der Waals surface area contributed by atoms with Crippen molar-refractivity contribution in [1.29, 1.82) is 0 Å². The zero-order valence-electron chi connectivity index (χ0n) is 28.8. The number of hydrogen-bond donors (Lipinski definition) is 4. The molecule has 0 fully saturated rings. The van der Waals surface area contributed by atoms with Crippen molar-refractivity contribution in [2.75, 3.05) is 0 Å². The molecule has 6 nitrogen and oxygen atoms in total. The van der Waals surface area contributed by atoms with Crippen LogP contribution in [0.5, 0.6) is 0 Å². The van der Waals surface area contributed by atoms with Gasteiger partial charge < -0.3 is 22.5 Å².